The molecule has 0 saturated carbocycles. The largest absolute Gasteiger partial charge is 0.497 e. The number of tetrazole rings is 1. The van der Waals surface area contributed by atoms with Crippen molar-refractivity contribution in [3.05, 3.63) is 54.5 Å². The van der Waals surface area contributed by atoms with Crippen LogP contribution in [0.1, 0.15) is 5.69 Å². The number of fused-ring (bicyclic) bond motifs is 1. The number of imidazole rings is 1. The van der Waals surface area contributed by atoms with E-state index in [9.17, 15) is 0 Å². The molecular weight excluding hydrogens is 352 g/mol. The summed E-state index contributed by atoms with van der Waals surface area (Å²) in [6, 6.07) is 11.4. The summed E-state index contributed by atoms with van der Waals surface area (Å²) in [6.07, 6.45) is 3.98. The quantitative estimate of drug-likeness (QED) is 0.484. The van der Waals surface area contributed by atoms with E-state index in [2.05, 4.69) is 20.5 Å². The number of methoxy groups -OCH3 is 2. The molecule has 0 fully saturated rings. The molecule has 8 nitrogen and oxygen atoms in total. The Bertz CT molecular complexity index is 1010. The SMILES string of the molecule is COc1ccc(OC)c(-n2nnnc2SCc2cn3ccccc3n2)c1. The first kappa shape index (κ1) is 16.4. The number of hydrogen-bond acceptors (Lipinski definition) is 7. The van der Waals surface area contributed by atoms with E-state index in [-0.39, 0.29) is 0 Å². The van der Waals surface area contributed by atoms with E-state index in [1.807, 2.05) is 53.2 Å². The molecule has 0 atom stereocenters. The predicted molar refractivity (Wildman–Crippen MR) is 97.0 cm³/mol. The second kappa shape index (κ2) is 7.04. The van der Waals surface area contributed by atoms with Crippen LogP contribution in [0.25, 0.3) is 11.3 Å². The van der Waals surface area contributed by atoms with Crippen molar-refractivity contribution in [3.63, 3.8) is 0 Å². The monoisotopic (exact) mass is 368 g/mol. The summed E-state index contributed by atoms with van der Waals surface area (Å²) < 4.78 is 14.4. The smallest absolute Gasteiger partial charge is 0.214 e. The highest BCUT2D eigenvalue weighted by atomic mass is 32.2. The number of hydrogen-bond donors (Lipinski definition) is 0. The van der Waals surface area contributed by atoms with Crippen LogP contribution in [0, 0.1) is 0 Å². The number of thioether (sulfide) groups is 1. The Kier molecular flexibility index (Phi) is 4.44. The van der Waals surface area contributed by atoms with Crippen molar-refractivity contribution in [2.75, 3.05) is 14.2 Å². The number of pyridine rings is 1. The fraction of sp³-hybridized carbons (Fsp3) is 0.176. The van der Waals surface area contributed by atoms with Gasteiger partial charge in [-0.15, -0.1) is 5.10 Å². The van der Waals surface area contributed by atoms with Gasteiger partial charge in [-0.25, -0.2) is 4.98 Å². The zero-order valence-corrected chi connectivity index (χ0v) is 15.1. The van der Waals surface area contributed by atoms with Crippen LogP contribution in [0.4, 0.5) is 0 Å². The highest BCUT2D eigenvalue weighted by molar-refractivity contribution is 7.98. The van der Waals surface area contributed by atoms with Crippen molar-refractivity contribution in [2.24, 2.45) is 0 Å². The maximum Gasteiger partial charge on any atom is 0.214 e. The van der Waals surface area contributed by atoms with Crippen molar-refractivity contribution in [1.29, 1.82) is 0 Å². The Morgan fingerprint density at radius 2 is 2.04 bits per heavy atom. The van der Waals surface area contributed by atoms with Gasteiger partial charge in [-0.1, -0.05) is 17.8 Å². The molecule has 0 radical (unpaired) electrons. The van der Waals surface area contributed by atoms with Gasteiger partial charge in [0, 0.05) is 24.2 Å². The lowest BCUT2D eigenvalue weighted by atomic mass is 10.3. The summed E-state index contributed by atoms with van der Waals surface area (Å²) in [4.78, 5) is 4.60. The van der Waals surface area contributed by atoms with Gasteiger partial charge in [0.2, 0.25) is 5.16 Å². The third-order valence-electron chi connectivity index (χ3n) is 3.82. The summed E-state index contributed by atoms with van der Waals surface area (Å²) in [7, 11) is 3.23. The van der Waals surface area contributed by atoms with Crippen LogP contribution >= 0.6 is 11.8 Å². The maximum absolute atomic E-state index is 5.43. The molecular formula is C17H16N6O2S. The highest BCUT2D eigenvalue weighted by Crippen LogP contribution is 2.30. The van der Waals surface area contributed by atoms with Gasteiger partial charge in [0.1, 0.15) is 22.8 Å². The van der Waals surface area contributed by atoms with Gasteiger partial charge in [0.15, 0.2) is 0 Å². The summed E-state index contributed by atoms with van der Waals surface area (Å²) in [5.41, 5.74) is 2.58. The number of nitrogens with zero attached hydrogens (tertiary/aromatic N) is 6. The van der Waals surface area contributed by atoms with E-state index in [0.29, 0.717) is 28.1 Å². The van der Waals surface area contributed by atoms with Gasteiger partial charge < -0.3 is 13.9 Å². The molecule has 4 rings (SSSR count). The van der Waals surface area contributed by atoms with Gasteiger partial charge in [0.05, 0.1) is 19.9 Å². The zero-order valence-electron chi connectivity index (χ0n) is 14.2. The molecule has 3 aromatic heterocycles. The first-order valence-electron chi connectivity index (χ1n) is 7.84. The van der Waals surface area contributed by atoms with E-state index in [1.54, 1.807) is 18.9 Å². The Morgan fingerprint density at radius 1 is 1.12 bits per heavy atom. The molecule has 0 unspecified atom stereocenters. The summed E-state index contributed by atoms with van der Waals surface area (Å²) in [6.45, 7) is 0. The van der Waals surface area contributed by atoms with Crippen LogP contribution in [0.15, 0.2) is 53.9 Å². The van der Waals surface area contributed by atoms with Crippen LogP contribution in [-0.2, 0) is 5.75 Å². The number of rotatable bonds is 6. The van der Waals surface area contributed by atoms with Crippen molar-refractivity contribution >= 4 is 17.4 Å². The van der Waals surface area contributed by atoms with Gasteiger partial charge in [0.25, 0.3) is 0 Å². The molecule has 0 saturated heterocycles. The molecule has 0 aliphatic heterocycles. The molecule has 132 valence electrons. The second-order valence-corrected chi connectivity index (χ2v) is 6.34. The molecule has 26 heavy (non-hydrogen) atoms. The molecule has 0 aliphatic rings. The highest BCUT2D eigenvalue weighted by Gasteiger charge is 2.15. The number of benzene rings is 1. The van der Waals surface area contributed by atoms with Crippen LogP contribution < -0.4 is 9.47 Å². The van der Waals surface area contributed by atoms with Gasteiger partial charge >= 0.3 is 0 Å². The third kappa shape index (κ3) is 3.08. The van der Waals surface area contributed by atoms with E-state index >= 15 is 0 Å². The molecule has 0 N–H and O–H groups in total. The van der Waals surface area contributed by atoms with Crippen LogP contribution in [0.2, 0.25) is 0 Å². The lowest BCUT2D eigenvalue weighted by Crippen LogP contribution is -2.02. The molecule has 0 spiro atoms. The first-order chi connectivity index (χ1) is 12.8. The summed E-state index contributed by atoms with van der Waals surface area (Å²) in [5, 5.41) is 12.7. The normalized spacial score (nSPS) is 11.0. The Hall–Kier alpha value is -3.07. The average Bonchev–Trinajstić information content (AvgIpc) is 3.31. The maximum atomic E-state index is 5.43. The lowest BCUT2D eigenvalue weighted by Gasteiger charge is -2.10. The number of aromatic nitrogens is 6. The van der Waals surface area contributed by atoms with Crippen molar-refractivity contribution in [3.8, 4) is 17.2 Å². The fourth-order valence-electron chi connectivity index (χ4n) is 2.58. The van der Waals surface area contributed by atoms with Gasteiger partial charge in [-0.2, -0.15) is 4.68 Å². The predicted octanol–water partition coefficient (Wildman–Crippen LogP) is 2.62. The van der Waals surface area contributed by atoms with Gasteiger partial charge in [-0.3, -0.25) is 0 Å². The molecule has 1 aromatic carbocycles. The third-order valence-corrected chi connectivity index (χ3v) is 4.77. The molecule has 0 amide bonds. The molecule has 9 heteroatoms. The Balaban J connectivity index is 1.61. The summed E-state index contributed by atoms with van der Waals surface area (Å²) in [5.74, 6) is 2.01. The zero-order chi connectivity index (χ0) is 17.9. The fourth-order valence-corrected chi connectivity index (χ4v) is 3.35. The van der Waals surface area contributed by atoms with Gasteiger partial charge in [-0.05, 0) is 34.7 Å². The van der Waals surface area contributed by atoms with E-state index in [4.69, 9.17) is 9.47 Å². The van der Waals surface area contributed by atoms with Crippen LogP contribution in [-0.4, -0.2) is 43.8 Å². The molecule has 0 bridgehead atoms. The standard InChI is InChI=1S/C17H16N6O2S/c1-24-13-6-7-15(25-2)14(9-13)23-17(19-20-21-23)26-11-12-10-22-8-4-3-5-16(22)18-12/h3-10H,11H2,1-2H3. The van der Waals surface area contributed by atoms with Crippen molar-refractivity contribution in [1.82, 2.24) is 29.6 Å². The Labute approximate surface area is 153 Å². The van der Waals surface area contributed by atoms with Crippen LogP contribution in [0.3, 0.4) is 0 Å². The van der Waals surface area contributed by atoms with E-state index in [0.717, 1.165) is 11.3 Å². The molecule has 4 aromatic rings. The van der Waals surface area contributed by atoms with Crippen LogP contribution in [0.5, 0.6) is 11.5 Å². The second-order valence-electron chi connectivity index (χ2n) is 5.40. The lowest BCUT2D eigenvalue weighted by molar-refractivity contribution is 0.399. The topological polar surface area (TPSA) is 79.4 Å². The minimum absolute atomic E-state index is 0.647. The minimum Gasteiger partial charge on any atom is -0.497 e. The van der Waals surface area contributed by atoms with E-state index in [1.165, 1.54) is 11.8 Å². The van der Waals surface area contributed by atoms with Crippen molar-refractivity contribution in [2.45, 2.75) is 10.9 Å². The van der Waals surface area contributed by atoms with Crippen molar-refractivity contribution < 1.29 is 9.47 Å². The Morgan fingerprint density at radius 3 is 2.85 bits per heavy atom. The molecule has 0 aliphatic carbocycles. The summed E-state index contributed by atoms with van der Waals surface area (Å²) >= 11 is 1.50. The number of ether oxygens (including phenoxy) is 2. The average molecular weight is 368 g/mol. The molecule has 3 heterocycles. The first-order valence-corrected chi connectivity index (χ1v) is 8.83. The van der Waals surface area contributed by atoms with E-state index < -0.39 is 0 Å². The minimum atomic E-state index is 0.647.